The zero-order chi connectivity index (χ0) is 14.1. The van der Waals surface area contributed by atoms with E-state index in [-0.39, 0.29) is 18.5 Å². The number of carbonyl (C=O) groups is 1. The Morgan fingerprint density at radius 3 is 1.95 bits per heavy atom. The molecule has 0 bridgehead atoms. The van der Waals surface area contributed by atoms with Crippen LogP contribution < -0.4 is 0 Å². The Hall–Kier alpha value is -0.620. The van der Waals surface area contributed by atoms with Gasteiger partial charge in [0.25, 0.3) is 10.1 Å². The Balaban J connectivity index is 2.34. The summed E-state index contributed by atoms with van der Waals surface area (Å²) in [6, 6.07) is 0. The number of ether oxygens (including phenoxy) is 1. The third-order valence-corrected chi connectivity index (χ3v) is 4.21. The molecule has 1 aliphatic rings. The zero-order valence-corrected chi connectivity index (χ0v) is 12.2. The number of carbonyl (C=O) groups excluding carboxylic acids is 1. The molecule has 1 N–H and O–H groups in total. The van der Waals surface area contributed by atoms with E-state index in [9.17, 15) is 13.2 Å². The summed E-state index contributed by atoms with van der Waals surface area (Å²) in [5.41, 5.74) is 0. The van der Waals surface area contributed by atoms with Crippen LogP contribution in [0.15, 0.2) is 0 Å². The maximum absolute atomic E-state index is 11.8. The summed E-state index contributed by atoms with van der Waals surface area (Å²) >= 11 is 0. The molecule has 0 amide bonds. The average Bonchev–Trinajstić information content (AvgIpc) is 2.34. The molecular formula is C13H24O5S. The summed E-state index contributed by atoms with van der Waals surface area (Å²) in [5, 5.41) is 0. The van der Waals surface area contributed by atoms with Crippen LogP contribution in [0.3, 0.4) is 0 Å². The fraction of sp³-hybridized carbons (Fsp3) is 0.923. The van der Waals surface area contributed by atoms with E-state index in [0.29, 0.717) is 0 Å². The van der Waals surface area contributed by atoms with Gasteiger partial charge in [-0.25, -0.2) is 0 Å². The first-order valence-electron chi connectivity index (χ1n) is 7.11. The van der Waals surface area contributed by atoms with Gasteiger partial charge in [-0.05, 0) is 12.8 Å². The minimum atomic E-state index is -4.05. The molecule has 5 nitrogen and oxygen atoms in total. The lowest BCUT2D eigenvalue weighted by atomic mass is 9.92. The van der Waals surface area contributed by atoms with Gasteiger partial charge in [0.2, 0.25) is 0 Å². The van der Waals surface area contributed by atoms with E-state index in [2.05, 4.69) is 0 Å². The lowest BCUT2D eigenvalue weighted by Crippen LogP contribution is -2.21. The largest absolute Gasteiger partial charge is 0.464 e. The Bertz CT molecular complexity index is 353. The maximum atomic E-state index is 11.8. The molecule has 0 aromatic rings. The highest BCUT2D eigenvalue weighted by Crippen LogP contribution is 2.22. The van der Waals surface area contributed by atoms with E-state index >= 15 is 0 Å². The molecule has 0 spiro atoms. The molecule has 0 aromatic heterocycles. The smallest absolute Gasteiger partial charge is 0.308 e. The second-order valence-corrected chi connectivity index (χ2v) is 6.77. The van der Waals surface area contributed by atoms with Gasteiger partial charge in [0.1, 0.15) is 12.4 Å². The van der Waals surface area contributed by atoms with Crippen LogP contribution in [0.1, 0.15) is 57.8 Å². The van der Waals surface area contributed by atoms with Crippen molar-refractivity contribution in [3.8, 4) is 0 Å². The lowest BCUT2D eigenvalue weighted by molar-refractivity contribution is -0.148. The van der Waals surface area contributed by atoms with Crippen molar-refractivity contribution < 1.29 is 22.5 Å². The van der Waals surface area contributed by atoms with E-state index in [1.807, 2.05) is 0 Å². The van der Waals surface area contributed by atoms with Crippen LogP contribution in [0, 0.1) is 5.92 Å². The molecule has 0 atom stereocenters. The maximum Gasteiger partial charge on any atom is 0.308 e. The van der Waals surface area contributed by atoms with E-state index in [4.69, 9.17) is 9.29 Å². The first-order chi connectivity index (χ1) is 8.99. The van der Waals surface area contributed by atoms with Gasteiger partial charge in [0.05, 0.1) is 5.92 Å². The number of rotatable bonds is 4. The minimum absolute atomic E-state index is 0.112. The average molecular weight is 292 g/mol. The van der Waals surface area contributed by atoms with Gasteiger partial charge >= 0.3 is 5.97 Å². The molecular weight excluding hydrogens is 268 g/mol. The number of hydrogen-bond donors (Lipinski definition) is 1. The molecule has 0 aliphatic heterocycles. The molecule has 19 heavy (non-hydrogen) atoms. The second kappa shape index (κ2) is 8.53. The number of esters is 1. The van der Waals surface area contributed by atoms with Crippen molar-refractivity contribution in [3.63, 3.8) is 0 Å². The van der Waals surface area contributed by atoms with Gasteiger partial charge in [-0.15, -0.1) is 0 Å². The SMILES string of the molecule is O=C(OCCS(=O)(=O)O)C1CCCCCCCCC1. The van der Waals surface area contributed by atoms with Crippen molar-refractivity contribution >= 4 is 16.1 Å². The third-order valence-electron chi connectivity index (χ3n) is 3.52. The fourth-order valence-corrected chi connectivity index (χ4v) is 2.70. The van der Waals surface area contributed by atoms with E-state index < -0.39 is 15.9 Å². The highest BCUT2D eigenvalue weighted by molar-refractivity contribution is 7.85. The monoisotopic (exact) mass is 292 g/mol. The molecule has 112 valence electrons. The normalized spacial score (nSPS) is 19.8. The highest BCUT2D eigenvalue weighted by Gasteiger charge is 2.20. The zero-order valence-electron chi connectivity index (χ0n) is 11.3. The molecule has 1 rings (SSSR count). The van der Waals surface area contributed by atoms with Crippen LogP contribution in [0.4, 0.5) is 0 Å². The van der Waals surface area contributed by atoms with Gasteiger partial charge in [-0.3, -0.25) is 9.35 Å². The Morgan fingerprint density at radius 1 is 1.00 bits per heavy atom. The van der Waals surface area contributed by atoms with Crippen molar-refractivity contribution in [2.75, 3.05) is 12.4 Å². The summed E-state index contributed by atoms with van der Waals surface area (Å²) in [5.74, 6) is -0.949. The van der Waals surface area contributed by atoms with Gasteiger partial charge in [0, 0.05) is 0 Å². The van der Waals surface area contributed by atoms with Crippen LogP contribution >= 0.6 is 0 Å². The second-order valence-electron chi connectivity index (χ2n) is 5.20. The molecule has 0 heterocycles. The molecule has 0 saturated heterocycles. The standard InChI is InChI=1S/C13H24O5S/c14-13(18-10-11-19(15,16)17)12-8-6-4-2-1-3-5-7-9-12/h12H,1-11H2,(H,15,16,17). The molecule has 1 saturated carbocycles. The van der Waals surface area contributed by atoms with Crippen LogP contribution in [0.25, 0.3) is 0 Å². The molecule has 1 fully saturated rings. The van der Waals surface area contributed by atoms with Crippen LogP contribution in [0.5, 0.6) is 0 Å². The number of hydrogen-bond acceptors (Lipinski definition) is 4. The Kier molecular flexibility index (Phi) is 7.38. The van der Waals surface area contributed by atoms with Gasteiger partial charge < -0.3 is 4.74 Å². The van der Waals surface area contributed by atoms with Gasteiger partial charge in [-0.2, -0.15) is 8.42 Å². The van der Waals surface area contributed by atoms with Crippen LogP contribution in [-0.4, -0.2) is 31.3 Å². The highest BCUT2D eigenvalue weighted by atomic mass is 32.2. The van der Waals surface area contributed by atoms with Crippen LogP contribution in [-0.2, 0) is 19.6 Å². The van der Waals surface area contributed by atoms with Crippen LogP contribution in [0.2, 0.25) is 0 Å². The Morgan fingerprint density at radius 2 is 1.47 bits per heavy atom. The summed E-state index contributed by atoms with van der Waals surface area (Å²) in [6.07, 6.45) is 9.73. The van der Waals surface area contributed by atoms with Gasteiger partial charge in [0.15, 0.2) is 0 Å². The van der Waals surface area contributed by atoms with Crippen molar-refractivity contribution in [1.29, 1.82) is 0 Å². The van der Waals surface area contributed by atoms with Crippen molar-refractivity contribution in [1.82, 2.24) is 0 Å². The van der Waals surface area contributed by atoms with Crippen molar-refractivity contribution in [2.45, 2.75) is 57.8 Å². The van der Waals surface area contributed by atoms with E-state index in [1.165, 1.54) is 19.3 Å². The summed E-state index contributed by atoms with van der Waals surface area (Å²) in [4.78, 5) is 11.8. The van der Waals surface area contributed by atoms with Crippen molar-refractivity contribution in [3.05, 3.63) is 0 Å². The van der Waals surface area contributed by atoms with Gasteiger partial charge in [-0.1, -0.05) is 44.9 Å². The Labute approximate surface area is 115 Å². The summed E-state index contributed by atoms with van der Waals surface area (Å²) in [7, 11) is -4.05. The van der Waals surface area contributed by atoms with Crippen molar-refractivity contribution in [2.24, 2.45) is 5.92 Å². The first kappa shape index (κ1) is 16.4. The summed E-state index contributed by atoms with van der Waals surface area (Å²) < 4.78 is 34.6. The fourth-order valence-electron chi connectivity index (χ4n) is 2.41. The predicted molar refractivity (Wildman–Crippen MR) is 72.4 cm³/mol. The molecule has 0 radical (unpaired) electrons. The molecule has 0 unspecified atom stereocenters. The lowest BCUT2D eigenvalue weighted by Gasteiger charge is -2.17. The minimum Gasteiger partial charge on any atom is -0.464 e. The topological polar surface area (TPSA) is 80.7 Å². The third kappa shape index (κ3) is 8.21. The predicted octanol–water partition coefficient (Wildman–Crippen LogP) is 2.56. The quantitative estimate of drug-likeness (QED) is 0.636. The molecule has 1 aliphatic carbocycles. The first-order valence-corrected chi connectivity index (χ1v) is 8.72. The molecule has 6 heteroatoms. The van der Waals surface area contributed by atoms with E-state index in [0.717, 1.165) is 38.5 Å². The molecule has 0 aromatic carbocycles. The summed E-state index contributed by atoms with van der Waals surface area (Å²) in [6.45, 7) is -0.256. The van der Waals surface area contributed by atoms with E-state index in [1.54, 1.807) is 0 Å².